The molecule has 1 aromatic rings. The molecule has 0 radical (unpaired) electrons. The summed E-state index contributed by atoms with van der Waals surface area (Å²) in [6.45, 7) is 3.23. The van der Waals surface area contributed by atoms with Crippen LogP contribution >= 0.6 is 0 Å². The molecule has 5 nitrogen and oxygen atoms in total. The molecule has 2 N–H and O–H groups in total. The largest absolute Gasteiger partial charge is 0.391 e. The van der Waals surface area contributed by atoms with E-state index >= 15 is 0 Å². The quantitative estimate of drug-likeness (QED) is 0.878. The van der Waals surface area contributed by atoms with Crippen LogP contribution in [0, 0.1) is 0 Å². The molecule has 2 rings (SSSR count). The van der Waals surface area contributed by atoms with E-state index in [1.165, 1.54) is 5.69 Å². The number of likely N-dealkylation sites (tertiary alicyclic amines) is 1. The fourth-order valence-corrected chi connectivity index (χ4v) is 2.63. The van der Waals surface area contributed by atoms with E-state index in [0.29, 0.717) is 6.54 Å². The number of piperidine rings is 1. The third kappa shape index (κ3) is 4.00. The summed E-state index contributed by atoms with van der Waals surface area (Å²) in [5.74, 6) is 0. The average Bonchev–Trinajstić information content (AvgIpc) is 2.82. The van der Waals surface area contributed by atoms with Gasteiger partial charge < -0.3 is 19.9 Å². The lowest BCUT2D eigenvalue weighted by Gasteiger charge is -2.31. The van der Waals surface area contributed by atoms with Gasteiger partial charge in [0.15, 0.2) is 0 Å². The van der Waals surface area contributed by atoms with Crippen molar-refractivity contribution in [3.8, 4) is 0 Å². The van der Waals surface area contributed by atoms with E-state index in [9.17, 15) is 9.90 Å². The molecule has 0 aliphatic carbocycles. The summed E-state index contributed by atoms with van der Waals surface area (Å²) >= 11 is 0. The van der Waals surface area contributed by atoms with Gasteiger partial charge in [-0.2, -0.15) is 0 Å². The van der Waals surface area contributed by atoms with Crippen molar-refractivity contribution in [2.75, 3.05) is 13.1 Å². The fourth-order valence-electron chi connectivity index (χ4n) is 2.63. The van der Waals surface area contributed by atoms with Gasteiger partial charge in [0.05, 0.1) is 6.10 Å². The SMILES string of the molecule is CC(CCc1cccn1C)NC(=O)N1CCCC(O)C1. The van der Waals surface area contributed by atoms with Gasteiger partial charge in [-0.1, -0.05) is 0 Å². The topological polar surface area (TPSA) is 57.5 Å². The zero-order chi connectivity index (χ0) is 14.5. The van der Waals surface area contributed by atoms with E-state index in [2.05, 4.69) is 16.0 Å². The van der Waals surface area contributed by atoms with Crippen molar-refractivity contribution in [3.05, 3.63) is 24.0 Å². The Hall–Kier alpha value is -1.49. The van der Waals surface area contributed by atoms with Crippen LogP contribution in [-0.2, 0) is 13.5 Å². The van der Waals surface area contributed by atoms with Crippen LogP contribution in [-0.4, -0.2) is 45.8 Å². The minimum Gasteiger partial charge on any atom is -0.391 e. The molecule has 0 spiro atoms. The van der Waals surface area contributed by atoms with E-state index in [1.54, 1.807) is 4.90 Å². The number of carbonyl (C=O) groups is 1. The third-order valence-corrected chi connectivity index (χ3v) is 3.94. The minimum atomic E-state index is -0.367. The number of nitrogens with zero attached hydrogens (tertiary/aromatic N) is 2. The maximum Gasteiger partial charge on any atom is 0.317 e. The van der Waals surface area contributed by atoms with Crippen molar-refractivity contribution in [2.45, 2.75) is 44.8 Å². The first-order valence-corrected chi connectivity index (χ1v) is 7.40. The number of urea groups is 1. The molecule has 0 bridgehead atoms. The number of amides is 2. The maximum atomic E-state index is 12.1. The molecule has 1 aliphatic rings. The Morgan fingerprint density at radius 2 is 2.40 bits per heavy atom. The number of aliphatic hydroxyl groups excluding tert-OH is 1. The van der Waals surface area contributed by atoms with Gasteiger partial charge in [-0.15, -0.1) is 0 Å². The highest BCUT2D eigenvalue weighted by molar-refractivity contribution is 5.74. The molecular weight excluding hydrogens is 254 g/mol. The highest BCUT2D eigenvalue weighted by atomic mass is 16.3. The van der Waals surface area contributed by atoms with Crippen molar-refractivity contribution in [1.82, 2.24) is 14.8 Å². The second-order valence-corrected chi connectivity index (χ2v) is 5.74. The minimum absolute atomic E-state index is 0.0527. The van der Waals surface area contributed by atoms with E-state index in [4.69, 9.17) is 0 Å². The summed E-state index contributed by atoms with van der Waals surface area (Å²) in [6.07, 6.45) is 5.22. The van der Waals surface area contributed by atoms with Crippen molar-refractivity contribution in [2.24, 2.45) is 7.05 Å². The van der Waals surface area contributed by atoms with Gasteiger partial charge in [0.2, 0.25) is 0 Å². The highest BCUT2D eigenvalue weighted by Crippen LogP contribution is 2.11. The van der Waals surface area contributed by atoms with Gasteiger partial charge >= 0.3 is 6.03 Å². The molecule has 2 heterocycles. The first kappa shape index (κ1) is 14.9. The van der Waals surface area contributed by atoms with Gasteiger partial charge in [0, 0.05) is 38.1 Å². The Labute approximate surface area is 120 Å². The van der Waals surface area contributed by atoms with Gasteiger partial charge in [0.25, 0.3) is 0 Å². The van der Waals surface area contributed by atoms with Crippen LogP contribution in [0.4, 0.5) is 4.79 Å². The van der Waals surface area contributed by atoms with Crippen LogP contribution in [0.25, 0.3) is 0 Å². The summed E-state index contributed by atoms with van der Waals surface area (Å²) in [7, 11) is 2.04. The number of hydrogen-bond acceptors (Lipinski definition) is 2. The lowest BCUT2D eigenvalue weighted by Crippen LogP contribution is -2.49. The van der Waals surface area contributed by atoms with Crippen molar-refractivity contribution < 1.29 is 9.90 Å². The van der Waals surface area contributed by atoms with Crippen LogP contribution in [0.15, 0.2) is 18.3 Å². The molecule has 20 heavy (non-hydrogen) atoms. The summed E-state index contributed by atoms with van der Waals surface area (Å²) < 4.78 is 2.11. The van der Waals surface area contributed by atoms with Crippen LogP contribution in [0.2, 0.25) is 0 Å². The molecule has 0 saturated carbocycles. The number of carbonyl (C=O) groups excluding carboxylic acids is 1. The van der Waals surface area contributed by atoms with Crippen molar-refractivity contribution in [3.63, 3.8) is 0 Å². The second kappa shape index (κ2) is 6.79. The average molecular weight is 279 g/mol. The normalized spacial score (nSPS) is 20.8. The summed E-state index contributed by atoms with van der Waals surface area (Å²) in [5, 5.41) is 12.6. The standard InChI is InChI=1S/C15H25N3O2/c1-12(7-8-13-5-3-9-17(13)2)16-15(20)18-10-4-6-14(19)11-18/h3,5,9,12,14,19H,4,6-8,10-11H2,1-2H3,(H,16,20). The Morgan fingerprint density at radius 3 is 3.05 bits per heavy atom. The highest BCUT2D eigenvalue weighted by Gasteiger charge is 2.22. The molecule has 112 valence electrons. The van der Waals surface area contributed by atoms with Gasteiger partial charge in [0.1, 0.15) is 0 Å². The number of hydrogen-bond donors (Lipinski definition) is 2. The number of aryl methyl sites for hydroxylation is 2. The molecule has 2 atom stereocenters. The Balaban J connectivity index is 1.74. The number of aromatic nitrogens is 1. The maximum absolute atomic E-state index is 12.1. The lowest BCUT2D eigenvalue weighted by molar-refractivity contribution is 0.0834. The van der Waals surface area contributed by atoms with Crippen LogP contribution < -0.4 is 5.32 Å². The Morgan fingerprint density at radius 1 is 1.60 bits per heavy atom. The fraction of sp³-hybridized carbons (Fsp3) is 0.667. The number of aliphatic hydroxyl groups is 1. The van der Waals surface area contributed by atoms with E-state index < -0.39 is 0 Å². The monoisotopic (exact) mass is 279 g/mol. The van der Waals surface area contributed by atoms with Crippen LogP contribution in [0.5, 0.6) is 0 Å². The molecule has 1 fully saturated rings. The molecular formula is C15H25N3O2. The zero-order valence-electron chi connectivity index (χ0n) is 12.4. The Bertz CT molecular complexity index is 444. The van der Waals surface area contributed by atoms with Crippen LogP contribution in [0.3, 0.4) is 0 Å². The zero-order valence-corrected chi connectivity index (χ0v) is 12.4. The van der Waals surface area contributed by atoms with Crippen molar-refractivity contribution in [1.29, 1.82) is 0 Å². The van der Waals surface area contributed by atoms with Gasteiger partial charge in [-0.25, -0.2) is 4.79 Å². The summed E-state index contributed by atoms with van der Waals surface area (Å²) in [6, 6.07) is 4.23. The Kier molecular flexibility index (Phi) is 5.06. The number of nitrogens with one attached hydrogen (secondary N) is 1. The van der Waals surface area contributed by atoms with Crippen molar-refractivity contribution >= 4 is 6.03 Å². The molecule has 5 heteroatoms. The van der Waals surface area contributed by atoms with E-state index in [0.717, 1.165) is 32.2 Å². The predicted octanol–water partition coefficient (Wildman–Crippen LogP) is 1.51. The molecule has 1 aromatic heterocycles. The summed E-state index contributed by atoms with van der Waals surface area (Å²) in [5.41, 5.74) is 1.28. The molecule has 2 amide bonds. The third-order valence-electron chi connectivity index (χ3n) is 3.94. The van der Waals surface area contributed by atoms with Crippen LogP contribution in [0.1, 0.15) is 31.9 Å². The second-order valence-electron chi connectivity index (χ2n) is 5.74. The first-order chi connectivity index (χ1) is 9.56. The number of rotatable bonds is 4. The van der Waals surface area contributed by atoms with Gasteiger partial charge in [-0.05, 0) is 44.7 Å². The molecule has 0 aromatic carbocycles. The van der Waals surface area contributed by atoms with Gasteiger partial charge in [-0.3, -0.25) is 0 Å². The number of β-amino-alcohol motifs (C(OH)–C–C–N with tert-alkyl or cyclic N) is 1. The first-order valence-electron chi connectivity index (χ1n) is 7.40. The summed E-state index contributed by atoms with van der Waals surface area (Å²) in [4.78, 5) is 13.8. The molecule has 1 aliphatic heterocycles. The molecule has 1 saturated heterocycles. The predicted molar refractivity (Wildman–Crippen MR) is 78.5 cm³/mol. The molecule has 2 unspecified atom stereocenters. The van der Waals surface area contributed by atoms with E-state index in [1.807, 2.05) is 26.2 Å². The van der Waals surface area contributed by atoms with E-state index in [-0.39, 0.29) is 18.2 Å². The smallest absolute Gasteiger partial charge is 0.317 e. The lowest BCUT2D eigenvalue weighted by atomic mass is 10.1.